The Hall–Kier alpha value is -2.88. The van der Waals surface area contributed by atoms with E-state index in [-0.39, 0.29) is 24.5 Å². The molecule has 0 bridgehead atoms. The number of carbonyl (C=O) groups is 2. The lowest BCUT2D eigenvalue weighted by atomic mass is 10.1. The Bertz CT molecular complexity index is 985. The largest absolute Gasteiger partial charge is 0.497 e. The highest BCUT2D eigenvalue weighted by atomic mass is 32.1. The number of aromatic nitrogens is 3. The highest BCUT2D eigenvalue weighted by Gasteiger charge is 2.27. The van der Waals surface area contributed by atoms with Crippen molar-refractivity contribution in [3.63, 3.8) is 0 Å². The Balaban J connectivity index is 1.50. The van der Waals surface area contributed by atoms with E-state index in [0.29, 0.717) is 43.1 Å². The first-order valence-corrected chi connectivity index (χ1v) is 11.1. The van der Waals surface area contributed by atoms with Gasteiger partial charge in [-0.2, -0.15) is 5.10 Å². The van der Waals surface area contributed by atoms with E-state index in [0.717, 1.165) is 11.3 Å². The molecule has 2 heterocycles. The Kier molecular flexibility index (Phi) is 7.55. The Labute approximate surface area is 193 Å². The lowest BCUT2D eigenvalue weighted by molar-refractivity contribution is -0.122. The quantitative estimate of drug-likeness (QED) is 0.639. The fourth-order valence-corrected chi connectivity index (χ4v) is 3.76. The molecule has 0 unspecified atom stereocenters. The maximum absolute atomic E-state index is 12.5. The van der Waals surface area contributed by atoms with Crippen LogP contribution in [0.2, 0.25) is 0 Å². The molecule has 32 heavy (non-hydrogen) atoms. The third-order valence-corrected chi connectivity index (χ3v) is 5.49. The van der Waals surface area contributed by atoms with Gasteiger partial charge in [-0.1, -0.05) is 0 Å². The Morgan fingerprint density at radius 1 is 1.22 bits per heavy atom. The number of piperidine rings is 1. The van der Waals surface area contributed by atoms with Crippen LogP contribution in [0.1, 0.15) is 40.0 Å². The minimum absolute atomic E-state index is 0.0413. The van der Waals surface area contributed by atoms with Crippen molar-refractivity contribution in [3.8, 4) is 17.1 Å². The molecule has 1 aliphatic rings. The third-order valence-electron chi connectivity index (χ3n) is 5.18. The van der Waals surface area contributed by atoms with Crippen LogP contribution in [-0.4, -0.2) is 63.5 Å². The second-order valence-electron chi connectivity index (χ2n) is 8.79. The molecule has 1 aromatic carbocycles. The van der Waals surface area contributed by atoms with Gasteiger partial charge >= 0.3 is 6.09 Å². The van der Waals surface area contributed by atoms with Gasteiger partial charge in [0, 0.05) is 37.7 Å². The molecule has 2 aromatic rings. The van der Waals surface area contributed by atoms with E-state index in [1.807, 2.05) is 49.6 Å². The van der Waals surface area contributed by atoms with E-state index in [1.165, 1.54) is 0 Å². The van der Waals surface area contributed by atoms with Gasteiger partial charge in [-0.15, -0.1) is 0 Å². The molecule has 0 aliphatic carbocycles. The van der Waals surface area contributed by atoms with Crippen molar-refractivity contribution < 1.29 is 19.1 Å². The molecule has 1 aromatic heterocycles. The van der Waals surface area contributed by atoms with Crippen LogP contribution in [0.3, 0.4) is 0 Å². The van der Waals surface area contributed by atoms with Gasteiger partial charge in [0.25, 0.3) is 0 Å². The molecule has 0 radical (unpaired) electrons. The fraction of sp³-hybridized carbons (Fsp3) is 0.545. The Morgan fingerprint density at radius 2 is 1.88 bits per heavy atom. The summed E-state index contributed by atoms with van der Waals surface area (Å²) in [5.74, 6) is 1.38. The summed E-state index contributed by atoms with van der Waals surface area (Å²) in [6, 6.07) is 7.55. The van der Waals surface area contributed by atoms with Gasteiger partial charge in [-0.25, -0.2) is 4.79 Å². The molecule has 174 valence electrons. The van der Waals surface area contributed by atoms with E-state index in [4.69, 9.17) is 21.7 Å². The molecular weight excluding hydrogens is 430 g/mol. The number of amides is 2. The van der Waals surface area contributed by atoms with Crippen molar-refractivity contribution in [2.24, 2.45) is 0 Å². The molecule has 0 spiro atoms. The number of likely N-dealkylation sites (tertiary alicyclic amines) is 1. The van der Waals surface area contributed by atoms with E-state index < -0.39 is 5.60 Å². The number of hydrogen-bond donors (Lipinski definition) is 2. The first-order chi connectivity index (χ1) is 15.2. The van der Waals surface area contributed by atoms with Crippen LogP contribution < -0.4 is 10.1 Å². The number of rotatable bonds is 6. The van der Waals surface area contributed by atoms with Crippen molar-refractivity contribution in [2.75, 3.05) is 20.2 Å². The zero-order valence-electron chi connectivity index (χ0n) is 19.0. The highest BCUT2D eigenvalue weighted by Crippen LogP contribution is 2.21. The summed E-state index contributed by atoms with van der Waals surface area (Å²) in [4.78, 5) is 26.4. The van der Waals surface area contributed by atoms with Crippen molar-refractivity contribution in [1.82, 2.24) is 25.0 Å². The number of hydrogen-bond acceptors (Lipinski definition) is 6. The summed E-state index contributed by atoms with van der Waals surface area (Å²) < 4.78 is 12.9. The summed E-state index contributed by atoms with van der Waals surface area (Å²) in [6.45, 7) is 7.10. The molecule has 10 heteroatoms. The first-order valence-electron chi connectivity index (χ1n) is 10.7. The highest BCUT2D eigenvalue weighted by molar-refractivity contribution is 7.71. The van der Waals surface area contributed by atoms with Gasteiger partial charge in [0.1, 0.15) is 11.4 Å². The Morgan fingerprint density at radius 3 is 2.47 bits per heavy atom. The van der Waals surface area contributed by atoms with Crippen LogP contribution in [0.5, 0.6) is 5.75 Å². The molecular formula is C22H31N5O4S. The summed E-state index contributed by atoms with van der Waals surface area (Å²) in [6.07, 6.45) is 1.38. The molecule has 2 N–H and O–H groups in total. The molecule has 2 amide bonds. The van der Waals surface area contributed by atoms with Crippen LogP contribution in [0.15, 0.2) is 24.3 Å². The number of aromatic amines is 1. The smallest absolute Gasteiger partial charge is 0.410 e. The number of H-pyrrole nitrogens is 1. The number of carbonyl (C=O) groups excluding carboxylic acids is 2. The number of benzene rings is 1. The van der Waals surface area contributed by atoms with Crippen LogP contribution in [0.4, 0.5) is 4.79 Å². The van der Waals surface area contributed by atoms with Crippen LogP contribution in [0.25, 0.3) is 11.4 Å². The first kappa shape index (κ1) is 23.8. The number of ether oxygens (including phenoxy) is 2. The van der Waals surface area contributed by atoms with Crippen molar-refractivity contribution in [3.05, 3.63) is 29.0 Å². The van der Waals surface area contributed by atoms with Gasteiger partial charge in [0.2, 0.25) is 5.91 Å². The van der Waals surface area contributed by atoms with E-state index >= 15 is 0 Å². The van der Waals surface area contributed by atoms with Crippen LogP contribution >= 0.6 is 12.2 Å². The molecule has 3 rings (SSSR count). The summed E-state index contributed by atoms with van der Waals surface area (Å²) in [5, 5.41) is 10.2. The topological polar surface area (TPSA) is 101 Å². The van der Waals surface area contributed by atoms with Crippen LogP contribution in [-0.2, 0) is 16.1 Å². The average Bonchev–Trinajstić information content (AvgIpc) is 3.12. The van der Waals surface area contributed by atoms with E-state index in [9.17, 15) is 9.59 Å². The lowest BCUT2D eigenvalue weighted by Crippen LogP contribution is -2.47. The summed E-state index contributed by atoms with van der Waals surface area (Å²) in [5.41, 5.74) is 0.370. The van der Waals surface area contributed by atoms with Crippen molar-refractivity contribution in [1.29, 1.82) is 0 Å². The van der Waals surface area contributed by atoms with Crippen molar-refractivity contribution in [2.45, 2.75) is 58.2 Å². The number of nitrogens with one attached hydrogen (secondary N) is 2. The zero-order valence-corrected chi connectivity index (χ0v) is 19.8. The molecule has 1 fully saturated rings. The monoisotopic (exact) mass is 461 g/mol. The van der Waals surface area contributed by atoms with Gasteiger partial charge in [-0.05, 0) is 70.1 Å². The van der Waals surface area contributed by atoms with Crippen LogP contribution in [0, 0.1) is 4.77 Å². The molecule has 1 aliphatic heterocycles. The van der Waals surface area contributed by atoms with Gasteiger partial charge in [0.05, 0.1) is 7.11 Å². The second-order valence-corrected chi connectivity index (χ2v) is 9.18. The maximum Gasteiger partial charge on any atom is 0.410 e. The number of nitrogens with zero attached hydrogens (tertiary/aromatic N) is 3. The maximum atomic E-state index is 12.5. The minimum Gasteiger partial charge on any atom is -0.497 e. The van der Waals surface area contributed by atoms with Gasteiger partial charge in [0.15, 0.2) is 10.6 Å². The normalized spacial score (nSPS) is 14.8. The standard InChI is InChI=1S/C22H31N5O4S/c1-22(2,3)31-21(29)26-12-9-16(10-13-26)23-18(28)11-14-27-19(24-25-20(27)32)15-5-7-17(30-4)8-6-15/h5-8,16H,9-14H2,1-4H3,(H,23,28)(H,25,32). The lowest BCUT2D eigenvalue weighted by Gasteiger charge is -2.33. The summed E-state index contributed by atoms with van der Waals surface area (Å²) >= 11 is 5.35. The molecule has 9 nitrogen and oxygen atoms in total. The molecule has 1 saturated heterocycles. The minimum atomic E-state index is -0.513. The van der Waals surface area contributed by atoms with Gasteiger partial charge in [-0.3, -0.25) is 14.5 Å². The second kappa shape index (κ2) is 10.2. The van der Waals surface area contributed by atoms with E-state index in [2.05, 4.69) is 15.5 Å². The number of methoxy groups -OCH3 is 1. The third kappa shape index (κ3) is 6.32. The predicted molar refractivity (Wildman–Crippen MR) is 123 cm³/mol. The van der Waals surface area contributed by atoms with Crippen molar-refractivity contribution >= 4 is 24.2 Å². The van der Waals surface area contributed by atoms with E-state index in [1.54, 1.807) is 12.0 Å². The predicted octanol–water partition coefficient (Wildman–Crippen LogP) is 3.52. The van der Waals surface area contributed by atoms with Gasteiger partial charge < -0.3 is 19.7 Å². The molecule has 0 atom stereocenters. The SMILES string of the molecule is COc1ccc(-c2n[nH]c(=S)n2CCC(=O)NC2CCN(C(=O)OC(C)(C)C)CC2)cc1. The summed E-state index contributed by atoms with van der Waals surface area (Å²) in [7, 11) is 1.62. The fourth-order valence-electron chi connectivity index (χ4n) is 3.53. The zero-order chi connectivity index (χ0) is 23.3. The average molecular weight is 462 g/mol. The molecule has 0 saturated carbocycles.